The molecule has 2 aromatic rings. The van der Waals surface area contributed by atoms with Crippen LogP contribution in [0.5, 0.6) is 0 Å². The van der Waals surface area contributed by atoms with E-state index in [4.69, 9.17) is 0 Å². The Balaban J connectivity index is 0.00000106. The number of benzene rings is 2. The zero-order chi connectivity index (χ0) is 15.7. The molecule has 0 spiro atoms. The topological polar surface area (TPSA) is 12.4 Å². The number of allylic oxidation sites excluding steroid dienone is 2. The summed E-state index contributed by atoms with van der Waals surface area (Å²) in [6.07, 6.45) is 2.14. The molecule has 0 aliphatic heterocycles. The second kappa shape index (κ2) is 8.91. The van der Waals surface area contributed by atoms with Crippen molar-refractivity contribution < 1.29 is 0 Å². The average Bonchev–Trinajstić information content (AvgIpc) is 2.55. The van der Waals surface area contributed by atoms with E-state index in [9.17, 15) is 0 Å². The van der Waals surface area contributed by atoms with Gasteiger partial charge in [0.1, 0.15) is 0 Å². The Hall–Kier alpha value is -2.15. The van der Waals surface area contributed by atoms with E-state index >= 15 is 0 Å². The molecule has 0 unspecified atom stereocenters. The van der Waals surface area contributed by atoms with Crippen molar-refractivity contribution in [3.63, 3.8) is 0 Å². The minimum Gasteiger partial charge on any atom is -0.288 e. The van der Waals surface area contributed by atoms with Gasteiger partial charge in [-0.25, -0.2) is 0 Å². The molecule has 0 saturated heterocycles. The SMILES string of the molecule is CC.CN=C(/C=C(/C)c1ccc(C)cc1)c1ccccc1. The number of rotatable bonds is 3. The van der Waals surface area contributed by atoms with Crippen LogP contribution >= 0.6 is 0 Å². The van der Waals surface area contributed by atoms with Gasteiger partial charge in [-0.05, 0) is 36.6 Å². The maximum absolute atomic E-state index is 4.38. The fraction of sp³-hybridized carbons (Fsp3) is 0.250. The molecule has 0 atom stereocenters. The maximum atomic E-state index is 4.38. The van der Waals surface area contributed by atoms with Crippen LogP contribution in [0.25, 0.3) is 5.57 Å². The van der Waals surface area contributed by atoms with Gasteiger partial charge in [0.25, 0.3) is 0 Å². The van der Waals surface area contributed by atoms with Crippen molar-refractivity contribution in [2.45, 2.75) is 27.7 Å². The second-order valence-electron chi connectivity index (χ2n) is 4.67. The summed E-state index contributed by atoms with van der Waals surface area (Å²) < 4.78 is 0. The van der Waals surface area contributed by atoms with E-state index in [1.54, 1.807) is 0 Å². The Morgan fingerprint density at radius 1 is 0.857 bits per heavy atom. The summed E-state index contributed by atoms with van der Waals surface area (Å²) in [5, 5.41) is 0. The molecule has 0 aliphatic carbocycles. The molecule has 2 aromatic carbocycles. The highest BCUT2D eigenvalue weighted by Gasteiger charge is 2.01. The van der Waals surface area contributed by atoms with Crippen molar-refractivity contribution in [3.8, 4) is 0 Å². The quantitative estimate of drug-likeness (QED) is 0.654. The van der Waals surface area contributed by atoms with Gasteiger partial charge in [-0.15, -0.1) is 0 Å². The van der Waals surface area contributed by atoms with Crippen LogP contribution in [0.2, 0.25) is 0 Å². The summed E-state index contributed by atoms with van der Waals surface area (Å²) in [4.78, 5) is 4.38. The molecule has 0 radical (unpaired) electrons. The lowest BCUT2D eigenvalue weighted by molar-refractivity contribution is 1.42. The summed E-state index contributed by atoms with van der Waals surface area (Å²) in [6.45, 7) is 8.23. The standard InChI is InChI=1S/C18H19N.C2H6/c1-14-9-11-16(12-10-14)15(2)13-18(19-3)17-7-5-4-6-8-17;1-2/h4-13H,1-3H3;1-2H3/b15-13-,19-18?;. The van der Waals surface area contributed by atoms with Crippen molar-refractivity contribution in [3.05, 3.63) is 77.4 Å². The third-order valence-electron chi connectivity index (χ3n) is 3.17. The molecule has 0 N–H and O–H groups in total. The summed E-state index contributed by atoms with van der Waals surface area (Å²) in [5.74, 6) is 0. The van der Waals surface area contributed by atoms with E-state index in [0.29, 0.717) is 0 Å². The molecule has 110 valence electrons. The first-order chi connectivity index (χ1) is 10.2. The summed E-state index contributed by atoms with van der Waals surface area (Å²) in [5.41, 5.74) is 5.91. The number of hydrogen-bond donors (Lipinski definition) is 0. The highest BCUT2D eigenvalue weighted by molar-refractivity contribution is 6.12. The lowest BCUT2D eigenvalue weighted by atomic mass is 10.0. The van der Waals surface area contributed by atoms with Gasteiger partial charge in [0.2, 0.25) is 0 Å². The van der Waals surface area contributed by atoms with Crippen molar-refractivity contribution in [2.75, 3.05) is 7.05 Å². The molecule has 1 heteroatoms. The number of aliphatic imine (C=N–C) groups is 1. The first-order valence-electron chi connectivity index (χ1n) is 7.48. The number of hydrogen-bond acceptors (Lipinski definition) is 1. The number of nitrogens with zero attached hydrogens (tertiary/aromatic N) is 1. The van der Waals surface area contributed by atoms with Crippen LogP contribution < -0.4 is 0 Å². The summed E-state index contributed by atoms with van der Waals surface area (Å²) >= 11 is 0. The molecule has 0 aliphatic rings. The zero-order valence-corrected chi connectivity index (χ0v) is 13.7. The van der Waals surface area contributed by atoms with Crippen LogP contribution in [0.1, 0.15) is 37.5 Å². The molecule has 0 fully saturated rings. The van der Waals surface area contributed by atoms with E-state index < -0.39 is 0 Å². The fourth-order valence-corrected chi connectivity index (χ4v) is 1.99. The highest BCUT2D eigenvalue weighted by atomic mass is 14.7. The summed E-state index contributed by atoms with van der Waals surface area (Å²) in [7, 11) is 1.83. The monoisotopic (exact) mass is 279 g/mol. The van der Waals surface area contributed by atoms with Gasteiger partial charge < -0.3 is 0 Å². The molecule has 0 saturated carbocycles. The van der Waals surface area contributed by atoms with Crippen LogP contribution in [0.4, 0.5) is 0 Å². The van der Waals surface area contributed by atoms with Crippen molar-refractivity contribution in [1.29, 1.82) is 0 Å². The molecule has 1 nitrogen and oxygen atoms in total. The molecule has 0 aromatic heterocycles. The Labute approximate surface area is 129 Å². The predicted molar refractivity (Wildman–Crippen MR) is 95.1 cm³/mol. The smallest absolute Gasteiger partial charge is 0.0646 e. The van der Waals surface area contributed by atoms with Crippen LogP contribution in [0, 0.1) is 6.92 Å². The van der Waals surface area contributed by atoms with Crippen LogP contribution in [-0.2, 0) is 0 Å². The molecule has 0 heterocycles. The minimum absolute atomic E-state index is 1.01. The molecule has 0 bridgehead atoms. The van der Waals surface area contributed by atoms with Gasteiger partial charge in [0, 0.05) is 7.05 Å². The third kappa shape index (κ3) is 5.03. The van der Waals surface area contributed by atoms with E-state index in [-0.39, 0.29) is 0 Å². The molecule has 21 heavy (non-hydrogen) atoms. The predicted octanol–water partition coefficient (Wildman–Crippen LogP) is 5.54. The van der Waals surface area contributed by atoms with Crippen molar-refractivity contribution >= 4 is 11.3 Å². The van der Waals surface area contributed by atoms with E-state index in [2.05, 4.69) is 61.3 Å². The number of aryl methyl sites for hydroxylation is 1. The first kappa shape index (κ1) is 16.9. The minimum atomic E-state index is 1.01. The first-order valence-corrected chi connectivity index (χ1v) is 7.48. The van der Waals surface area contributed by atoms with Crippen LogP contribution in [-0.4, -0.2) is 12.8 Å². The van der Waals surface area contributed by atoms with Crippen LogP contribution in [0.15, 0.2) is 65.7 Å². The van der Waals surface area contributed by atoms with Gasteiger partial charge in [0.15, 0.2) is 0 Å². The second-order valence-corrected chi connectivity index (χ2v) is 4.67. The van der Waals surface area contributed by atoms with Gasteiger partial charge in [-0.2, -0.15) is 0 Å². The van der Waals surface area contributed by atoms with Crippen molar-refractivity contribution in [1.82, 2.24) is 0 Å². The molecular weight excluding hydrogens is 254 g/mol. The lowest BCUT2D eigenvalue weighted by Gasteiger charge is -2.05. The Bertz CT molecular complexity index is 589. The normalized spacial score (nSPS) is 11.7. The van der Waals surface area contributed by atoms with Crippen molar-refractivity contribution in [2.24, 2.45) is 4.99 Å². The van der Waals surface area contributed by atoms with Gasteiger partial charge in [-0.1, -0.05) is 74.0 Å². The van der Waals surface area contributed by atoms with Gasteiger partial charge >= 0.3 is 0 Å². The van der Waals surface area contributed by atoms with Gasteiger partial charge in [0.05, 0.1) is 5.71 Å². The largest absolute Gasteiger partial charge is 0.288 e. The Morgan fingerprint density at radius 3 is 1.95 bits per heavy atom. The molecular formula is C20H25N. The maximum Gasteiger partial charge on any atom is 0.0646 e. The lowest BCUT2D eigenvalue weighted by Crippen LogP contribution is -1.97. The Kier molecular flexibility index (Phi) is 7.17. The summed E-state index contributed by atoms with van der Waals surface area (Å²) in [6, 6.07) is 18.8. The van der Waals surface area contributed by atoms with E-state index in [1.165, 1.54) is 16.7 Å². The average molecular weight is 279 g/mol. The molecule has 0 amide bonds. The van der Waals surface area contributed by atoms with Gasteiger partial charge in [-0.3, -0.25) is 4.99 Å². The van der Waals surface area contributed by atoms with E-state index in [1.807, 2.05) is 39.1 Å². The Morgan fingerprint density at radius 2 is 1.43 bits per heavy atom. The van der Waals surface area contributed by atoms with E-state index in [0.717, 1.165) is 11.3 Å². The molecule has 2 rings (SSSR count). The third-order valence-corrected chi connectivity index (χ3v) is 3.17. The fourth-order valence-electron chi connectivity index (χ4n) is 1.99. The highest BCUT2D eigenvalue weighted by Crippen LogP contribution is 2.16. The van der Waals surface area contributed by atoms with Crippen LogP contribution in [0.3, 0.4) is 0 Å². The zero-order valence-electron chi connectivity index (χ0n) is 13.7.